The van der Waals surface area contributed by atoms with Crippen LogP contribution < -0.4 is 10.0 Å². The number of nitrogens with zero attached hydrogens (tertiary/aromatic N) is 2. The van der Waals surface area contributed by atoms with E-state index in [0.29, 0.717) is 25.1 Å². The lowest BCUT2D eigenvalue weighted by Crippen LogP contribution is -2.39. The molecule has 0 aliphatic rings. The average Bonchev–Trinajstić information content (AvgIpc) is 3.23. The molecule has 2 N–H and O–H groups in total. The lowest BCUT2D eigenvalue weighted by Gasteiger charge is -2.13. The third-order valence-electron chi connectivity index (χ3n) is 5.36. The summed E-state index contributed by atoms with van der Waals surface area (Å²) in [6.07, 6.45) is 7.99. The fourth-order valence-electron chi connectivity index (χ4n) is 3.58. The number of urea groups is 1. The zero-order valence-electron chi connectivity index (χ0n) is 19.9. The molecule has 0 atom stereocenters. The monoisotopic (exact) mass is 500 g/mol. The SMILES string of the molecule is CCCCc1nc(SC)cn1Cc1ccc(-c2ccccc2S(=O)(=O)NC(=O)NCCC)cc1. The van der Waals surface area contributed by atoms with Gasteiger partial charge in [-0.05, 0) is 36.3 Å². The molecule has 2 aromatic carbocycles. The van der Waals surface area contributed by atoms with E-state index in [2.05, 4.69) is 27.7 Å². The Morgan fingerprint density at radius 3 is 2.47 bits per heavy atom. The maximum Gasteiger partial charge on any atom is 0.328 e. The zero-order chi connectivity index (χ0) is 24.6. The molecule has 0 aliphatic carbocycles. The summed E-state index contributed by atoms with van der Waals surface area (Å²) in [4.78, 5) is 16.8. The van der Waals surface area contributed by atoms with E-state index in [9.17, 15) is 13.2 Å². The molecule has 0 fully saturated rings. The number of carbonyl (C=O) groups excluding carboxylic acids is 1. The van der Waals surface area contributed by atoms with Crippen LogP contribution in [0.15, 0.2) is 64.6 Å². The Morgan fingerprint density at radius 2 is 1.79 bits per heavy atom. The van der Waals surface area contributed by atoms with Crippen molar-refractivity contribution in [3.8, 4) is 11.1 Å². The maximum atomic E-state index is 12.9. The molecular formula is C25H32N4O3S2. The summed E-state index contributed by atoms with van der Waals surface area (Å²) < 4.78 is 30.0. The molecule has 0 unspecified atom stereocenters. The van der Waals surface area contributed by atoms with Crippen LogP contribution in [0.1, 0.15) is 44.5 Å². The Balaban J connectivity index is 1.82. The average molecular weight is 501 g/mol. The van der Waals surface area contributed by atoms with Gasteiger partial charge in [-0.3, -0.25) is 0 Å². The van der Waals surface area contributed by atoms with Gasteiger partial charge in [0.05, 0.1) is 4.90 Å². The van der Waals surface area contributed by atoms with Crippen molar-refractivity contribution < 1.29 is 13.2 Å². The molecule has 0 aliphatic heterocycles. The number of aromatic nitrogens is 2. The second kappa shape index (κ2) is 12.1. The van der Waals surface area contributed by atoms with Crippen LogP contribution in [0.25, 0.3) is 11.1 Å². The molecule has 2 amide bonds. The number of rotatable bonds is 11. The van der Waals surface area contributed by atoms with Crippen LogP contribution >= 0.6 is 11.8 Å². The zero-order valence-corrected chi connectivity index (χ0v) is 21.5. The van der Waals surface area contributed by atoms with Crippen molar-refractivity contribution in [3.63, 3.8) is 0 Å². The van der Waals surface area contributed by atoms with E-state index in [1.165, 1.54) is 6.07 Å². The van der Waals surface area contributed by atoms with Gasteiger partial charge in [0.1, 0.15) is 10.9 Å². The standard InChI is InChI=1S/C25H32N4O3S2/c1-4-6-11-23-27-24(33-3)18-29(23)17-19-12-14-20(15-13-19)21-9-7-8-10-22(21)34(31,32)28-25(30)26-16-5-2/h7-10,12-15,18H,4-6,11,16-17H2,1-3H3,(H2,26,28,30). The third-order valence-corrected chi connectivity index (χ3v) is 7.36. The van der Waals surface area contributed by atoms with Crippen LogP contribution in [0.5, 0.6) is 0 Å². The highest BCUT2D eigenvalue weighted by molar-refractivity contribution is 7.98. The molecule has 0 radical (unpaired) electrons. The minimum atomic E-state index is -4.02. The Kier molecular flexibility index (Phi) is 9.18. The van der Waals surface area contributed by atoms with Crippen LogP contribution in [-0.4, -0.2) is 36.8 Å². The first-order valence-electron chi connectivity index (χ1n) is 11.5. The van der Waals surface area contributed by atoms with Crippen molar-refractivity contribution in [2.75, 3.05) is 12.8 Å². The molecule has 1 heterocycles. The molecule has 0 bridgehead atoms. The number of thioether (sulfide) groups is 1. The van der Waals surface area contributed by atoms with Crippen LogP contribution in [0, 0.1) is 0 Å². The van der Waals surface area contributed by atoms with Crippen molar-refractivity contribution in [1.29, 1.82) is 0 Å². The van der Waals surface area contributed by atoms with Crippen molar-refractivity contribution in [3.05, 3.63) is 66.1 Å². The number of carbonyl (C=O) groups is 1. The van der Waals surface area contributed by atoms with Gasteiger partial charge in [-0.25, -0.2) is 22.9 Å². The Hall–Kier alpha value is -2.78. The topological polar surface area (TPSA) is 93.1 Å². The van der Waals surface area contributed by atoms with Crippen LogP contribution in [0.2, 0.25) is 0 Å². The fourth-order valence-corrected chi connectivity index (χ4v) is 5.16. The summed E-state index contributed by atoms with van der Waals surface area (Å²) >= 11 is 1.64. The van der Waals surface area contributed by atoms with Crippen molar-refractivity contribution in [1.82, 2.24) is 19.6 Å². The highest BCUT2D eigenvalue weighted by Crippen LogP contribution is 2.28. The fraction of sp³-hybridized carbons (Fsp3) is 0.360. The van der Waals surface area contributed by atoms with Crippen molar-refractivity contribution in [2.24, 2.45) is 0 Å². The number of imidazole rings is 1. The van der Waals surface area contributed by atoms with Gasteiger partial charge in [-0.1, -0.05) is 62.7 Å². The van der Waals surface area contributed by atoms with Gasteiger partial charge in [0, 0.05) is 31.3 Å². The van der Waals surface area contributed by atoms with E-state index in [4.69, 9.17) is 4.98 Å². The highest BCUT2D eigenvalue weighted by atomic mass is 32.2. The first-order valence-corrected chi connectivity index (χ1v) is 14.2. The molecule has 0 saturated carbocycles. The normalized spacial score (nSPS) is 11.4. The summed E-state index contributed by atoms with van der Waals surface area (Å²) in [5, 5.41) is 3.54. The van der Waals surface area contributed by atoms with Gasteiger partial charge in [-0.2, -0.15) is 0 Å². The summed E-state index contributed by atoms with van der Waals surface area (Å²) in [7, 11) is -4.02. The highest BCUT2D eigenvalue weighted by Gasteiger charge is 2.21. The summed E-state index contributed by atoms with van der Waals surface area (Å²) in [6, 6.07) is 13.8. The van der Waals surface area contributed by atoms with Crippen LogP contribution in [-0.2, 0) is 23.0 Å². The minimum absolute atomic E-state index is 0.0653. The van der Waals surface area contributed by atoms with E-state index in [1.54, 1.807) is 30.0 Å². The van der Waals surface area contributed by atoms with E-state index in [-0.39, 0.29) is 4.90 Å². The van der Waals surface area contributed by atoms with Crippen molar-refractivity contribution in [2.45, 2.75) is 56.0 Å². The quantitative estimate of drug-likeness (QED) is 0.359. The van der Waals surface area contributed by atoms with Crippen molar-refractivity contribution >= 4 is 27.8 Å². The van der Waals surface area contributed by atoms with Gasteiger partial charge in [0.2, 0.25) is 0 Å². The molecule has 3 rings (SSSR count). The lowest BCUT2D eigenvalue weighted by atomic mass is 10.0. The maximum absolute atomic E-state index is 12.9. The summed E-state index contributed by atoms with van der Waals surface area (Å²) in [6.45, 7) is 5.17. The molecule has 34 heavy (non-hydrogen) atoms. The van der Waals surface area contributed by atoms with E-state index >= 15 is 0 Å². The number of unbranched alkanes of at least 4 members (excludes halogenated alkanes) is 1. The Bertz CT molecular complexity index is 1210. The van der Waals surface area contributed by atoms with Gasteiger partial charge < -0.3 is 9.88 Å². The first-order chi connectivity index (χ1) is 16.4. The largest absolute Gasteiger partial charge is 0.337 e. The number of hydrogen-bond acceptors (Lipinski definition) is 5. The molecule has 182 valence electrons. The number of nitrogens with one attached hydrogen (secondary N) is 2. The summed E-state index contributed by atoms with van der Waals surface area (Å²) in [5.41, 5.74) is 2.41. The number of amides is 2. The number of sulfonamides is 1. The molecule has 3 aromatic rings. The van der Waals surface area contributed by atoms with Crippen LogP contribution in [0.4, 0.5) is 4.79 Å². The molecule has 0 spiro atoms. The van der Waals surface area contributed by atoms with Gasteiger partial charge >= 0.3 is 6.03 Å². The van der Waals surface area contributed by atoms with E-state index in [1.807, 2.05) is 37.4 Å². The van der Waals surface area contributed by atoms with Gasteiger partial charge in [0.25, 0.3) is 10.0 Å². The first kappa shape index (κ1) is 25.8. The Morgan fingerprint density at radius 1 is 1.06 bits per heavy atom. The molecular weight excluding hydrogens is 468 g/mol. The number of hydrogen-bond donors (Lipinski definition) is 2. The second-order valence-corrected chi connectivity index (χ2v) is 10.5. The van der Waals surface area contributed by atoms with E-state index < -0.39 is 16.1 Å². The minimum Gasteiger partial charge on any atom is -0.337 e. The third kappa shape index (κ3) is 6.64. The molecule has 7 nitrogen and oxygen atoms in total. The second-order valence-electron chi connectivity index (χ2n) is 7.99. The van der Waals surface area contributed by atoms with E-state index in [0.717, 1.165) is 41.2 Å². The Labute approximate surface area is 206 Å². The smallest absolute Gasteiger partial charge is 0.328 e. The number of benzene rings is 2. The predicted octanol–water partition coefficient (Wildman–Crippen LogP) is 5.06. The lowest BCUT2D eigenvalue weighted by molar-refractivity contribution is 0.246. The number of aryl methyl sites for hydroxylation is 1. The van der Waals surface area contributed by atoms with Crippen LogP contribution in [0.3, 0.4) is 0 Å². The molecule has 1 aromatic heterocycles. The summed E-state index contributed by atoms with van der Waals surface area (Å²) in [5.74, 6) is 1.08. The molecule has 9 heteroatoms. The van der Waals surface area contributed by atoms with Gasteiger partial charge in [-0.15, -0.1) is 11.8 Å². The predicted molar refractivity (Wildman–Crippen MR) is 138 cm³/mol. The van der Waals surface area contributed by atoms with Gasteiger partial charge in [0.15, 0.2) is 0 Å². The molecule has 0 saturated heterocycles.